The summed E-state index contributed by atoms with van der Waals surface area (Å²) in [7, 11) is -2.37. The first-order valence-electron chi connectivity index (χ1n) is 10.2. The summed E-state index contributed by atoms with van der Waals surface area (Å²) in [6, 6.07) is 1.22. The van der Waals surface area contributed by atoms with E-state index in [4.69, 9.17) is 19.4 Å². The van der Waals surface area contributed by atoms with Gasteiger partial charge in [0.15, 0.2) is 14.5 Å². The van der Waals surface area contributed by atoms with E-state index in [9.17, 15) is 14.4 Å². The fraction of sp³-hybridized carbons (Fsp3) is 0.737. The molecular weight excluding hydrogens is 422 g/mol. The topological polar surface area (TPSA) is 148 Å². The average Bonchev–Trinajstić information content (AvgIpc) is 2.96. The third kappa shape index (κ3) is 5.85. The van der Waals surface area contributed by atoms with Crippen molar-refractivity contribution >= 4 is 14.3 Å². The molecule has 2 heterocycles. The maximum Gasteiger partial charge on any atom is 0.330 e. The van der Waals surface area contributed by atoms with Gasteiger partial charge >= 0.3 is 11.7 Å². The summed E-state index contributed by atoms with van der Waals surface area (Å²) in [5.74, 6) is -0.942. The van der Waals surface area contributed by atoms with Crippen LogP contribution in [0.4, 0.5) is 0 Å². The first-order chi connectivity index (χ1) is 14.4. The van der Waals surface area contributed by atoms with Crippen LogP contribution >= 0.6 is 0 Å². The lowest BCUT2D eigenvalue weighted by Gasteiger charge is -2.40. The van der Waals surface area contributed by atoms with Crippen molar-refractivity contribution in [1.29, 1.82) is 0 Å². The summed E-state index contributed by atoms with van der Waals surface area (Å²) < 4.78 is 19.1. The van der Waals surface area contributed by atoms with Crippen LogP contribution in [0, 0.1) is 5.92 Å². The van der Waals surface area contributed by atoms with Gasteiger partial charge in [0.25, 0.3) is 5.56 Å². The summed E-state index contributed by atoms with van der Waals surface area (Å²) in [4.78, 5) is 41.4. The van der Waals surface area contributed by atoms with Crippen LogP contribution < -0.4 is 11.2 Å². The van der Waals surface area contributed by atoms with Gasteiger partial charge in [-0.25, -0.2) is 4.79 Å². The number of hydrogen-bond acceptors (Lipinski definition) is 7. The first kappa shape index (κ1) is 24.9. The SMILES string of the molecule is CCOC(=O)C[C@H]1[C@@H](O[Si](C)(C)C(C)(C)C)[C@H](n2ccc(=O)[nH]c2=O)O[C@@H]1CN=[N+]=[N-]. The quantitative estimate of drug-likeness (QED) is 0.210. The zero-order chi connectivity index (χ0) is 23.4. The zero-order valence-electron chi connectivity index (χ0n) is 18.8. The monoisotopic (exact) mass is 453 g/mol. The molecule has 4 atom stereocenters. The van der Waals surface area contributed by atoms with E-state index in [-0.39, 0.29) is 24.6 Å². The van der Waals surface area contributed by atoms with Gasteiger partial charge < -0.3 is 13.9 Å². The van der Waals surface area contributed by atoms with Crippen molar-refractivity contribution in [2.45, 2.75) is 70.7 Å². The lowest BCUT2D eigenvalue weighted by molar-refractivity contribution is -0.145. The Morgan fingerprint density at radius 2 is 2.06 bits per heavy atom. The van der Waals surface area contributed by atoms with Crippen LogP contribution in [-0.2, 0) is 18.7 Å². The van der Waals surface area contributed by atoms with E-state index in [0.717, 1.165) is 0 Å². The van der Waals surface area contributed by atoms with E-state index >= 15 is 0 Å². The number of hydrogen-bond donors (Lipinski definition) is 1. The molecule has 1 N–H and O–H groups in total. The predicted molar refractivity (Wildman–Crippen MR) is 116 cm³/mol. The largest absolute Gasteiger partial charge is 0.466 e. The van der Waals surface area contributed by atoms with Gasteiger partial charge in [-0.15, -0.1) is 0 Å². The van der Waals surface area contributed by atoms with Crippen LogP contribution in [0.5, 0.6) is 0 Å². The second kappa shape index (κ2) is 9.82. The number of H-pyrrole nitrogens is 1. The molecular formula is C19H31N5O6Si. The van der Waals surface area contributed by atoms with Crippen molar-refractivity contribution in [3.05, 3.63) is 43.5 Å². The highest BCUT2D eigenvalue weighted by Crippen LogP contribution is 2.44. The van der Waals surface area contributed by atoms with Gasteiger partial charge in [0, 0.05) is 23.1 Å². The second-order valence-electron chi connectivity index (χ2n) is 9.01. The zero-order valence-corrected chi connectivity index (χ0v) is 19.8. The smallest absolute Gasteiger partial charge is 0.330 e. The van der Waals surface area contributed by atoms with Crippen molar-refractivity contribution in [2.24, 2.45) is 11.0 Å². The van der Waals surface area contributed by atoms with Crippen LogP contribution in [0.1, 0.15) is 40.3 Å². The van der Waals surface area contributed by atoms with Gasteiger partial charge in [-0.05, 0) is 30.6 Å². The van der Waals surface area contributed by atoms with Crippen molar-refractivity contribution in [3.8, 4) is 0 Å². The molecule has 1 aliphatic heterocycles. The van der Waals surface area contributed by atoms with Gasteiger partial charge in [-0.3, -0.25) is 19.1 Å². The van der Waals surface area contributed by atoms with E-state index in [1.54, 1.807) is 6.92 Å². The summed E-state index contributed by atoms with van der Waals surface area (Å²) in [5.41, 5.74) is 7.60. The Morgan fingerprint density at radius 1 is 1.39 bits per heavy atom. The Kier molecular flexibility index (Phi) is 7.87. The molecule has 1 aromatic rings. The molecule has 0 amide bonds. The van der Waals surface area contributed by atoms with Gasteiger partial charge in [0.1, 0.15) is 0 Å². The number of aromatic nitrogens is 2. The molecule has 2 rings (SSSR count). The fourth-order valence-corrected chi connectivity index (χ4v) is 4.58. The highest BCUT2D eigenvalue weighted by atomic mass is 28.4. The number of azide groups is 1. The standard InChI is InChI=1S/C19H31N5O6Si/c1-7-28-15(26)10-12-13(11-21-23-20)29-17(24-9-8-14(25)22-18(24)27)16(12)30-31(5,6)19(2,3)4/h8-9,12-13,16-17H,7,10-11H2,1-6H3,(H,22,25,27)/t12-,13-,16-,17-/m1/s1. The van der Waals surface area contributed by atoms with Crippen LogP contribution in [0.15, 0.2) is 27.0 Å². The lowest BCUT2D eigenvalue weighted by Crippen LogP contribution is -2.48. The van der Waals surface area contributed by atoms with E-state index < -0.39 is 49.9 Å². The molecule has 31 heavy (non-hydrogen) atoms. The molecule has 1 aliphatic rings. The Hall–Kier alpha value is -2.40. The molecule has 11 nitrogen and oxygen atoms in total. The number of nitrogens with one attached hydrogen (secondary N) is 1. The maximum absolute atomic E-state index is 12.5. The molecule has 172 valence electrons. The number of carbonyl (C=O) groups is 1. The minimum atomic E-state index is -2.37. The third-order valence-electron chi connectivity index (χ3n) is 5.89. The molecule has 0 radical (unpaired) electrons. The Labute approximate surface area is 181 Å². The van der Waals surface area contributed by atoms with E-state index in [1.165, 1.54) is 16.8 Å². The van der Waals surface area contributed by atoms with Gasteiger partial charge in [0.2, 0.25) is 0 Å². The summed E-state index contributed by atoms with van der Waals surface area (Å²) in [6.45, 7) is 12.3. The predicted octanol–water partition coefficient (Wildman–Crippen LogP) is 2.70. The Balaban J connectivity index is 2.54. The Bertz CT molecular complexity index is 946. The van der Waals surface area contributed by atoms with Crippen molar-refractivity contribution in [2.75, 3.05) is 13.2 Å². The van der Waals surface area contributed by atoms with Gasteiger partial charge in [-0.2, -0.15) is 0 Å². The molecule has 0 bridgehead atoms. The van der Waals surface area contributed by atoms with E-state index in [2.05, 4.69) is 48.9 Å². The van der Waals surface area contributed by atoms with Crippen molar-refractivity contribution in [3.63, 3.8) is 0 Å². The van der Waals surface area contributed by atoms with E-state index in [1.807, 2.05) is 0 Å². The van der Waals surface area contributed by atoms with Gasteiger partial charge in [0.05, 0.1) is 31.8 Å². The first-order valence-corrected chi connectivity index (χ1v) is 13.1. The normalized spacial score (nSPS) is 23.9. The van der Waals surface area contributed by atoms with E-state index in [0.29, 0.717) is 0 Å². The summed E-state index contributed by atoms with van der Waals surface area (Å²) in [6.07, 6.45) is -0.943. The summed E-state index contributed by atoms with van der Waals surface area (Å²) in [5, 5.41) is 3.47. The average molecular weight is 454 g/mol. The number of rotatable bonds is 8. The van der Waals surface area contributed by atoms with Crippen LogP contribution in [0.3, 0.4) is 0 Å². The number of aromatic amines is 1. The minimum absolute atomic E-state index is 0.0205. The minimum Gasteiger partial charge on any atom is -0.466 e. The maximum atomic E-state index is 12.5. The number of nitrogens with zero attached hydrogens (tertiary/aromatic N) is 4. The molecule has 1 fully saturated rings. The molecule has 0 aliphatic carbocycles. The lowest BCUT2D eigenvalue weighted by atomic mass is 9.94. The summed E-state index contributed by atoms with van der Waals surface area (Å²) >= 11 is 0. The van der Waals surface area contributed by atoms with Crippen LogP contribution in [-0.4, -0.2) is 49.2 Å². The number of esters is 1. The second-order valence-corrected chi connectivity index (χ2v) is 13.8. The molecule has 0 saturated carbocycles. The van der Waals surface area contributed by atoms with Crippen LogP contribution in [0.2, 0.25) is 18.1 Å². The third-order valence-corrected chi connectivity index (χ3v) is 10.4. The highest BCUT2D eigenvalue weighted by Gasteiger charge is 2.51. The highest BCUT2D eigenvalue weighted by molar-refractivity contribution is 6.74. The molecule has 12 heteroatoms. The van der Waals surface area contributed by atoms with Gasteiger partial charge in [-0.1, -0.05) is 25.9 Å². The Morgan fingerprint density at radius 3 is 2.61 bits per heavy atom. The number of carbonyl (C=O) groups excluding carboxylic acids is 1. The fourth-order valence-electron chi connectivity index (χ4n) is 3.25. The molecule has 0 aromatic carbocycles. The van der Waals surface area contributed by atoms with Crippen molar-refractivity contribution < 1.29 is 18.7 Å². The van der Waals surface area contributed by atoms with Crippen LogP contribution in [0.25, 0.3) is 10.4 Å². The molecule has 0 unspecified atom stereocenters. The molecule has 1 aromatic heterocycles. The number of ether oxygens (including phenoxy) is 2. The van der Waals surface area contributed by atoms with Crippen molar-refractivity contribution in [1.82, 2.24) is 9.55 Å². The molecule has 1 saturated heterocycles. The molecule has 0 spiro atoms.